The Morgan fingerprint density at radius 1 is 1.29 bits per heavy atom. The van der Waals surface area contributed by atoms with Crippen molar-refractivity contribution in [3.63, 3.8) is 0 Å². The highest BCUT2D eigenvalue weighted by atomic mass is 32.1. The van der Waals surface area contributed by atoms with E-state index in [-0.39, 0.29) is 0 Å². The molecule has 0 bridgehead atoms. The SMILES string of the molecule is CCc1nccn1CC(C)NCc1ccc2nsnc2c1. The van der Waals surface area contributed by atoms with E-state index in [0.717, 1.165) is 36.4 Å². The fourth-order valence-corrected chi connectivity index (χ4v) is 2.93. The first-order valence-electron chi connectivity index (χ1n) is 7.21. The van der Waals surface area contributed by atoms with Crippen LogP contribution in [0.1, 0.15) is 25.2 Å². The highest BCUT2D eigenvalue weighted by Gasteiger charge is 2.07. The molecule has 0 radical (unpaired) electrons. The maximum atomic E-state index is 4.36. The van der Waals surface area contributed by atoms with Crippen LogP contribution in [0.2, 0.25) is 0 Å². The van der Waals surface area contributed by atoms with Gasteiger partial charge in [0.1, 0.15) is 16.9 Å². The molecule has 0 aliphatic carbocycles. The van der Waals surface area contributed by atoms with E-state index in [1.165, 1.54) is 17.3 Å². The molecule has 0 saturated heterocycles. The summed E-state index contributed by atoms with van der Waals surface area (Å²) in [4.78, 5) is 4.36. The first kappa shape index (κ1) is 14.2. The lowest BCUT2D eigenvalue weighted by molar-refractivity contribution is 0.468. The lowest BCUT2D eigenvalue weighted by Gasteiger charge is -2.16. The molecule has 1 unspecified atom stereocenters. The second-order valence-corrected chi connectivity index (χ2v) is 5.75. The van der Waals surface area contributed by atoms with Crippen molar-refractivity contribution in [3.8, 4) is 0 Å². The molecule has 2 heterocycles. The molecule has 1 atom stereocenters. The molecule has 1 N–H and O–H groups in total. The normalized spacial score (nSPS) is 12.9. The number of aromatic nitrogens is 4. The van der Waals surface area contributed by atoms with Crippen LogP contribution in [-0.2, 0) is 19.5 Å². The molecule has 5 nitrogen and oxygen atoms in total. The molecule has 110 valence electrons. The first-order chi connectivity index (χ1) is 10.3. The average molecular weight is 301 g/mol. The van der Waals surface area contributed by atoms with Crippen LogP contribution in [-0.4, -0.2) is 24.3 Å². The number of fused-ring (bicyclic) bond motifs is 1. The predicted molar refractivity (Wildman–Crippen MR) is 85.3 cm³/mol. The molecule has 6 heteroatoms. The Morgan fingerprint density at radius 3 is 3.00 bits per heavy atom. The van der Waals surface area contributed by atoms with Crippen LogP contribution in [0, 0.1) is 0 Å². The first-order valence-corrected chi connectivity index (χ1v) is 7.94. The van der Waals surface area contributed by atoms with Crippen molar-refractivity contribution in [2.24, 2.45) is 0 Å². The van der Waals surface area contributed by atoms with Gasteiger partial charge in [-0.25, -0.2) is 4.98 Å². The van der Waals surface area contributed by atoms with Gasteiger partial charge in [-0.3, -0.25) is 0 Å². The minimum absolute atomic E-state index is 0.383. The zero-order valence-corrected chi connectivity index (χ0v) is 13.1. The minimum Gasteiger partial charge on any atom is -0.333 e. The van der Waals surface area contributed by atoms with Crippen LogP contribution in [0.5, 0.6) is 0 Å². The van der Waals surface area contributed by atoms with Crippen LogP contribution in [0.3, 0.4) is 0 Å². The monoisotopic (exact) mass is 301 g/mol. The van der Waals surface area contributed by atoms with Crippen molar-refractivity contribution in [1.82, 2.24) is 23.6 Å². The average Bonchev–Trinajstić information content (AvgIpc) is 3.12. The Labute approximate surface area is 128 Å². The lowest BCUT2D eigenvalue weighted by Crippen LogP contribution is -2.30. The van der Waals surface area contributed by atoms with Gasteiger partial charge in [-0.2, -0.15) is 8.75 Å². The molecule has 21 heavy (non-hydrogen) atoms. The summed E-state index contributed by atoms with van der Waals surface area (Å²) in [6.45, 7) is 6.10. The van der Waals surface area contributed by atoms with E-state index in [9.17, 15) is 0 Å². The van der Waals surface area contributed by atoms with Gasteiger partial charge in [-0.15, -0.1) is 0 Å². The summed E-state index contributed by atoms with van der Waals surface area (Å²) in [6.07, 6.45) is 4.88. The number of rotatable bonds is 6. The van der Waals surface area contributed by atoms with Gasteiger partial charge in [-0.05, 0) is 24.6 Å². The fourth-order valence-electron chi connectivity index (χ4n) is 2.41. The molecule has 3 rings (SSSR count). The van der Waals surface area contributed by atoms with Crippen molar-refractivity contribution >= 4 is 22.8 Å². The summed E-state index contributed by atoms with van der Waals surface area (Å²) in [5.41, 5.74) is 3.20. The number of nitrogens with one attached hydrogen (secondary N) is 1. The van der Waals surface area contributed by atoms with E-state index in [1.807, 2.05) is 18.5 Å². The predicted octanol–water partition coefficient (Wildman–Crippen LogP) is 2.63. The number of hydrogen-bond acceptors (Lipinski definition) is 5. The number of aryl methyl sites for hydroxylation is 1. The zero-order valence-electron chi connectivity index (χ0n) is 12.3. The molecule has 0 aliphatic heterocycles. The quantitative estimate of drug-likeness (QED) is 0.760. The van der Waals surface area contributed by atoms with Gasteiger partial charge in [-0.1, -0.05) is 13.0 Å². The number of benzene rings is 1. The van der Waals surface area contributed by atoms with Gasteiger partial charge in [0.25, 0.3) is 0 Å². The highest BCUT2D eigenvalue weighted by Crippen LogP contribution is 2.13. The summed E-state index contributed by atoms with van der Waals surface area (Å²) in [7, 11) is 0. The molecule has 2 aromatic heterocycles. The second-order valence-electron chi connectivity index (χ2n) is 5.22. The molecular weight excluding hydrogens is 282 g/mol. The van der Waals surface area contributed by atoms with Crippen LogP contribution in [0.4, 0.5) is 0 Å². The number of imidazole rings is 1. The van der Waals surface area contributed by atoms with Crippen molar-refractivity contribution in [2.45, 2.75) is 39.4 Å². The second kappa shape index (κ2) is 6.32. The standard InChI is InChI=1S/C15H19N5S/c1-3-15-16-6-7-20(15)10-11(2)17-9-12-4-5-13-14(8-12)19-21-18-13/h4-8,11,17H,3,9-10H2,1-2H3. The molecular formula is C15H19N5S. The Kier molecular flexibility index (Phi) is 4.26. The molecule has 0 spiro atoms. The Hall–Kier alpha value is -1.79. The van der Waals surface area contributed by atoms with E-state index in [1.54, 1.807) is 0 Å². The fraction of sp³-hybridized carbons (Fsp3) is 0.400. The highest BCUT2D eigenvalue weighted by molar-refractivity contribution is 7.00. The summed E-state index contributed by atoms with van der Waals surface area (Å²) in [5.74, 6) is 1.14. The third kappa shape index (κ3) is 3.28. The van der Waals surface area contributed by atoms with Crippen molar-refractivity contribution in [1.29, 1.82) is 0 Å². The maximum Gasteiger partial charge on any atom is 0.108 e. The summed E-state index contributed by atoms with van der Waals surface area (Å²) < 4.78 is 10.7. The van der Waals surface area contributed by atoms with E-state index in [2.05, 4.69) is 49.6 Å². The topological polar surface area (TPSA) is 55.6 Å². The van der Waals surface area contributed by atoms with Crippen LogP contribution in [0.25, 0.3) is 11.0 Å². The van der Waals surface area contributed by atoms with Gasteiger partial charge in [0.15, 0.2) is 0 Å². The smallest absolute Gasteiger partial charge is 0.108 e. The molecule has 0 aliphatic rings. The summed E-state index contributed by atoms with van der Waals surface area (Å²) >= 11 is 1.26. The number of nitrogens with zero attached hydrogens (tertiary/aromatic N) is 4. The molecule has 0 fully saturated rings. The molecule has 1 aromatic carbocycles. The Balaban J connectivity index is 1.59. The van der Waals surface area contributed by atoms with Crippen molar-refractivity contribution < 1.29 is 0 Å². The van der Waals surface area contributed by atoms with Crippen LogP contribution < -0.4 is 5.32 Å². The third-order valence-electron chi connectivity index (χ3n) is 3.56. The summed E-state index contributed by atoms with van der Waals surface area (Å²) in [5, 5.41) is 3.55. The van der Waals surface area contributed by atoms with Gasteiger partial charge in [0, 0.05) is 37.9 Å². The molecule has 3 aromatic rings. The van der Waals surface area contributed by atoms with Gasteiger partial charge in [0.2, 0.25) is 0 Å². The largest absolute Gasteiger partial charge is 0.333 e. The van der Waals surface area contributed by atoms with E-state index >= 15 is 0 Å². The van der Waals surface area contributed by atoms with E-state index < -0.39 is 0 Å². The Morgan fingerprint density at radius 2 is 2.14 bits per heavy atom. The molecule has 0 amide bonds. The zero-order chi connectivity index (χ0) is 14.7. The maximum absolute atomic E-state index is 4.36. The van der Waals surface area contributed by atoms with Gasteiger partial charge >= 0.3 is 0 Å². The Bertz CT molecular complexity index is 718. The third-order valence-corrected chi connectivity index (χ3v) is 4.12. The summed E-state index contributed by atoms with van der Waals surface area (Å²) in [6, 6.07) is 6.63. The van der Waals surface area contributed by atoms with Crippen LogP contribution >= 0.6 is 11.7 Å². The molecule has 0 saturated carbocycles. The van der Waals surface area contributed by atoms with Crippen molar-refractivity contribution in [2.75, 3.05) is 0 Å². The van der Waals surface area contributed by atoms with Crippen molar-refractivity contribution in [3.05, 3.63) is 42.0 Å². The van der Waals surface area contributed by atoms with E-state index in [4.69, 9.17) is 0 Å². The lowest BCUT2D eigenvalue weighted by atomic mass is 10.2. The van der Waals surface area contributed by atoms with E-state index in [0.29, 0.717) is 6.04 Å². The van der Waals surface area contributed by atoms with Gasteiger partial charge < -0.3 is 9.88 Å². The van der Waals surface area contributed by atoms with Crippen LogP contribution in [0.15, 0.2) is 30.6 Å². The van der Waals surface area contributed by atoms with Gasteiger partial charge in [0.05, 0.1) is 11.7 Å². The number of hydrogen-bond donors (Lipinski definition) is 1. The minimum atomic E-state index is 0.383.